The van der Waals surface area contributed by atoms with Gasteiger partial charge in [0, 0.05) is 15.4 Å². The van der Waals surface area contributed by atoms with Crippen LogP contribution in [0.1, 0.15) is 21.5 Å². The van der Waals surface area contributed by atoms with Crippen molar-refractivity contribution < 1.29 is 13.2 Å². The van der Waals surface area contributed by atoms with Crippen molar-refractivity contribution in [1.82, 2.24) is 0 Å². The fraction of sp³-hybridized carbons (Fsp3) is 0.107. The summed E-state index contributed by atoms with van der Waals surface area (Å²) in [5, 5.41) is 3.00. The van der Waals surface area contributed by atoms with Gasteiger partial charge in [0.2, 0.25) is 10.0 Å². The van der Waals surface area contributed by atoms with E-state index >= 15 is 0 Å². The molecule has 4 rings (SSSR count). The zero-order valence-electron chi connectivity index (χ0n) is 19.5. The van der Waals surface area contributed by atoms with Gasteiger partial charge in [-0.3, -0.25) is 9.10 Å². The maximum absolute atomic E-state index is 12.9. The molecule has 1 N–H and O–H groups in total. The molecule has 0 unspecified atom stereocenters. The number of rotatable bonds is 8. The van der Waals surface area contributed by atoms with E-state index in [0.717, 1.165) is 26.6 Å². The third-order valence-electron chi connectivity index (χ3n) is 5.34. The Hall–Kier alpha value is -3.55. The number of carbonyl (C=O) groups is 1. The predicted molar refractivity (Wildman–Crippen MR) is 144 cm³/mol. The van der Waals surface area contributed by atoms with Crippen LogP contribution in [0.3, 0.4) is 0 Å². The maximum atomic E-state index is 12.9. The Bertz CT molecular complexity index is 1420. The molecule has 0 radical (unpaired) electrons. The first-order valence-corrected chi connectivity index (χ1v) is 13.7. The molecule has 0 heterocycles. The summed E-state index contributed by atoms with van der Waals surface area (Å²) < 4.78 is 26.3. The van der Waals surface area contributed by atoms with Crippen molar-refractivity contribution >= 4 is 39.1 Å². The Morgan fingerprint density at radius 2 is 1.54 bits per heavy atom. The van der Waals surface area contributed by atoms with Gasteiger partial charge in [-0.2, -0.15) is 0 Å². The zero-order chi connectivity index (χ0) is 24.8. The van der Waals surface area contributed by atoms with E-state index in [1.54, 1.807) is 42.1 Å². The van der Waals surface area contributed by atoms with Crippen molar-refractivity contribution in [2.75, 3.05) is 15.9 Å². The highest BCUT2D eigenvalue weighted by Gasteiger charge is 2.18. The zero-order valence-corrected chi connectivity index (χ0v) is 21.1. The van der Waals surface area contributed by atoms with Crippen LogP contribution >= 0.6 is 11.8 Å². The van der Waals surface area contributed by atoms with Crippen molar-refractivity contribution in [2.45, 2.75) is 23.3 Å². The molecule has 0 fully saturated rings. The van der Waals surface area contributed by atoms with E-state index in [4.69, 9.17) is 0 Å². The van der Waals surface area contributed by atoms with Crippen molar-refractivity contribution in [1.29, 1.82) is 0 Å². The second kappa shape index (κ2) is 10.8. The summed E-state index contributed by atoms with van der Waals surface area (Å²) in [6, 6.07) is 32.1. The smallest absolute Gasteiger partial charge is 0.255 e. The van der Waals surface area contributed by atoms with Crippen LogP contribution in [0.25, 0.3) is 0 Å². The molecular formula is C28H26N2O3S2. The van der Waals surface area contributed by atoms with E-state index in [-0.39, 0.29) is 12.5 Å². The summed E-state index contributed by atoms with van der Waals surface area (Å²) in [5.41, 5.74) is 3.61. The fourth-order valence-electron chi connectivity index (χ4n) is 3.58. The van der Waals surface area contributed by atoms with E-state index < -0.39 is 10.0 Å². The van der Waals surface area contributed by atoms with Crippen LogP contribution in [0, 0.1) is 6.92 Å². The molecule has 0 bridgehead atoms. The van der Waals surface area contributed by atoms with Gasteiger partial charge in [-0.05, 0) is 66.6 Å². The predicted octanol–water partition coefficient (Wildman–Crippen LogP) is 6.36. The minimum absolute atomic E-state index is 0.181. The van der Waals surface area contributed by atoms with Crippen molar-refractivity contribution in [3.05, 3.63) is 120 Å². The van der Waals surface area contributed by atoms with Crippen molar-refractivity contribution in [2.24, 2.45) is 0 Å². The van der Waals surface area contributed by atoms with Gasteiger partial charge in [-0.15, -0.1) is 0 Å². The summed E-state index contributed by atoms with van der Waals surface area (Å²) in [6.07, 6.45) is 1.20. The molecule has 0 saturated carbocycles. The van der Waals surface area contributed by atoms with Gasteiger partial charge in [0.15, 0.2) is 0 Å². The molecule has 1 amide bonds. The van der Waals surface area contributed by atoms with Crippen LogP contribution in [0.4, 0.5) is 11.4 Å². The quantitative estimate of drug-likeness (QED) is 0.304. The highest BCUT2D eigenvalue weighted by atomic mass is 32.2. The number of nitrogens with zero attached hydrogens (tertiary/aromatic N) is 1. The van der Waals surface area contributed by atoms with E-state index in [2.05, 4.69) is 5.32 Å². The summed E-state index contributed by atoms with van der Waals surface area (Å²) in [7, 11) is -3.48. The number of aryl methyl sites for hydroxylation is 1. The molecule has 0 atom stereocenters. The second-order valence-electron chi connectivity index (χ2n) is 8.17. The van der Waals surface area contributed by atoms with Gasteiger partial charge in [0.25, 0.3) is 5.91 Å². The van der Waals surface area contributed by atoms with Gasteiger partial charge >= 0.3 is 0 Å². The van der Waals surface area contributed by atoms with Gasteiger partial charge in [-0.25, -0.2) is 8.42 Å². The van der Waals surface area contributed by atoms with Gasteiger partial charge in [0.05, 0.1) is 24.2 Å². The van der Waals surface area contributed by atoms with E-state index in [1.165, 1.54) is 10.6 Å². The number of anilines is 2. The summed E-state index contributed by atoms with van der Waals surface area (Å²) >= 11 is 1.58. The SMILES string of the molecule is Cc1cccc(N(Cc2ccc(C(=O)Nc3ccccc3Sc3ccccc3)cc2)S(C)(=O)=O)c1. The standard InChI is InChI=1S/C28H26N2O3S2/c1-21-9-8-10-24(19-21)30(35(2,32)33)20-22-15-17-23(18-16-22)28(31)29-26-13-6-7-14-27(26)34-25-11-4-3-5-12-25/h3-19H,20H2,1-2H3,(H,29,31). The summed E-state index contributed by atoms with van der Waals surface area (Å²) in [5.74, 6) is -0.226. The molecule has 35 heavy (non-hydrogen) atoms. The van der Waals surface area contributed by atoms with Gasteiger partial charge in [0.1, 0.15) is 0 Å². The summed E-state index contributed by atoms with van der Waals surface area (Å²) in [6.45, 7) is 2.11. The molecule has 0 saturated heterocycles. The number of hydrogen-bond acceptors (Lipinski definition) is 4. The molecule has 178 valence electrons. The van der Waals surface area contributed by atoms with Gasteiger partial charge in [-0.1, -0.05) is 66.4 Å². The van der Waals surface area contributed by atoms with Crippen LogP contribution in [-0.2, 0) is 16.6 Å². The summed E-state index contributed by atoms with van der Waals surface area (Å²) in [4.78, 5) is 15.0. The first-order chi connectivity index (χ1) is 16.8. The molecule has 4 aromatic rings. The van der Waals surface area contributed by atoms with Crippen LogP contribution in [0.5, 0.6) is 0 Å². The second-order valence-corrected chi connectivity index (χ2v) is 11.2. The average molecular weight is 503 g/mol. The molecule has 0 aromatic heterocycles. The Morgan fingerprint density at radius 1 is 0.857 bits per heavy atom. The Balaban J connectivity index is 1.49. The van der Waals surface area contributed by atoms with Gasteiger partial charge < -0.3 is 5.32 Å². The van der Waals surface area contributed by atoms with Crippen LogP contribution < -0.4 is 9.62 Å². The molecule has 0 aliphatic rings. The monoisotopic (exact) mass is 502 g/mol. The first kappa shape index (κ1) is 24.6. The van der Waals surface area contributed by atoms with Crippen LogP contribution in [0.15, 0.2) is 113 Å². The number of carbonyl (C=O) groups excluding carboxylic acids is 1. The first-order valence-electron chi connectivity index (χ1n) is 11.1. The Labute approximate surface area is 210 Å². The molecule has 7 heteroatoms. The number of amides is 1. The number of nitrogens with one attached hydrogen (secondary N) is 1. The normalized spacial score (nSPS) is 11.1. The van der Waals surface area contributed by atoms with Crippen molar-refractivity contribution in [3.8, 4) is 0 Å². The van der Waals surface area contributed by atoms with Crippen LogP contribution in [0.2, 0.25) is 0 Å². The largest absolute Gasteiger partial charge is 0.321 e. The molecular weight excluding hydrogens is 476 g/mol. The number of para-hydroxylation sites is 1. The maximum Gasteiger partial charge on any atom is 0.255 e. The Morgan fingerprint density at radius 3 is 2.23 bits per heavy atom. The number of sulfonamides is 1. The lowest BCUT2D eigenvalue weighted by molar-refractivity contribution is 0.102. The lowest BCUT2D eigenvalue weighted by atomic mass is 10.1. The molecule has 0 aliphatic heterocycles. The van der Waals surface area contributed by atoms with E-state index in [9.17, 15) is 13.2 Å². The lowest BCUT2D eigenvalue weighted by Gasteiger charge is -2.23. The van der Waals surface area contributed by atoms with Crippen molar-refractivity contribution in [3.63, 3.8) is 0 Å². The average Bonchev–Trinajstić information content (AvgIpc) is 2.84. The molecule has 0 spiro atoms. The minimum atomic E-state index is -3.48. The molecule has 5 nitrogen and oxygen atoms in total. The molecule has 0 aliphatic carbocycles. The topological polar surface area (TPSA) is 66.5 Å². The van der Waals surface area contributed by atoms with Crippen LogP contribution in [-0.4, -0.2) is 20.6 Å². The van der Waals surface area contributed by atoms with E-state index in [1.807, 2.05) is 79.7 Å². The highest BCUT2D eigenvalue weighted by Crippen LogP contribution is 2.33. The fourth-order valence-corrected chi connectivity index (χ4v) is 5.38. The minimum Gasteiger partial charge on any atom is -0.321 e. The van der Waals surface area contributed by atoms with E-state index in [0.29, 0.717) is 11.3 Å². The third kappa shape index (κ3) is 6.53. The highest BCUT2D eigenvalue weighted by molar-refractivity contribution is 7.99. The lowest BCUT2D eigenvalue weighted by Crippen LogP contribution is -2.29. The number of hydrogen-bond donors (Lipinski definition) is 1. The third-order valence-corrected chi connectivity index (χ3v) is 7.56. The Kier molecular flexibility index (Phi) is 7.58. The number of benzene rings is 4. The molecule has 4 aromatic carbocycles.